The fourth-order valence-electron chi connectivity index (χ4n) is 10.1. The first kappa shape index (κ1) is 48.3. The fraction of sp³-hybridized carbons (Fsp3) is 0.522. The van der Waals surface area contributed by atoms with E-state index < -0.39 is 119 Å². The van der Waals surface area contributed by atoms with Gasteiger partial charge in [0.15, 0.2) is 17.5 Å². The van der Waals surface area contributed by atoms with Gasteiger partial charge in [-0.2, -0.15) is 0 Å². The lowest BCUT2D eigenvalue weighted by Gasteiger charge is -2.67. The molecule has 1 aliphatic heterocycles. The number of carbonyl (C=O) groups excluding carboxylic acids is 6. The van der Waals surface area contributed by atoms with E-state index in [1.165, 1.54) is 58.9 Å². The summed E-state index contributed by atoms with van der Waals surface area (Å²) in [5.41, 5.74) is 1.28. The molecule has 4 aliphatic rings. The van der Waals surface area contributed by atoms with Crippen LogP contribution < -0.4 is 5.32 Å². The molecule has 6 rings (SSSR count). The lowest BCUT2D eigenvalue weighted by atomic mass is 9.44. The van der Waals surface area contributed by atoms with E-state index in [1.54, 1.807) is 50.3 Å². The molecule has 19 nitrogen and oxygen atoms in total. The van der Waals surface area contributed by atoms with Gasteiger partial charge in [-0.25, -0.2) is 14.4 Å². The Balaban J connectivity index is 1.56. The van der Waals surface area contributed by atoms with E-state index in [0.717, 1.165) is 6.92 Å². The Morgan fingerprint density at radius 1 is 1.05 bits per heavy atom. The molecule has 2 aromatic rings. The SMILES string of the molecule is C/C=C(\C)C(=O)N[C@@H](c1ccccc1)[C@@H](O)C(=O)O[C@H]1C[C@@]2(O)[C@@H](OC(=O)c3cccc(N=[N+]=[N-])c3)[C@@H]3[C@]4(OC(C)=O)CO[C@@H]4C[C@H](OC(=O)OCC)[C@@]3(C)C(=O)[C@H](O)C(=C1C)C2(C)C. The molecule has 4 N–H and O–H groups in total. The Kier molecular flexibility index (Phi) is 13.7. The van der Waals surface area contributed by atoms with Crippen molar-refractivity contribution in [3.05, 3.63) is 99.0 Å². The van der Waals surface area contributed by atoms with Gasteiger partial charge in [0.05, 0.1) is 36.2 Å². The molecule has 3 fully saturated rings. The summed E-state index contributed by atoms with van der Waals surface area (Å²) in [6.07, 6.45) is -10.9. The molecule has 348 valence electrons. The van der Waals surface area contributed by atoms with E-state index in [2.05, 4.69) is 15.3 Å². The molecule has 0 radical (unpaired) electrons. The van der Waals surface area contributed by atoms with Gasteiger partial charge >= 0.3 is 24.1 Å². The molecule has 1 heterocycles. The van der Waals surface area contributed by atoms with Crippen molar-refractivity contribution in [3.63, 3.8) is 0 Å². The quantitative estimate of drug-likeness (QED) is 0.0418. The number of amides is 1. The molecule has 0 unspecified atom stereocenters. The van der Waals surface area contributed by atoms with Gasteiger partial charge in [-0.15, -0.1) is 0 Å². The van der Waals surface area contributed by atoms with Gasteiger partial charge in [-0.1, -0.05) is 67.5 Å². The van der Waals surface area contributed by atoms with Crippen molar-refractivity contribution in [1.82, 2.24) is 5.32 Å². The molecule has 1 amide bonds. The normalized spacial score (nSPS) is 31.1. The van der Waals surface area contributed by atoms with Crippen molar-refractivity contribution in [2.75, 3.05) is 13.2 Å². The van der Waals surface area contributed by atoms with E-state index in [-0.39, 0.29) is 35.4 Å². The summed E-state index contributed by atoms with van der Waals surface area (Å²) in [5.74, 6) is -6.48. The van der Waals surface area contributed by atoms with Gasteiger partial charge in [0, 0.05) is 41.4 Å². The number of nitrogens with zero attached hydrogens (tertiary/aromatic N) is 3. The van der Waals surface area contributed by atoms with Crippen molar-refractivity contribution >= 4 is 41.4 Å². The molecule has 0 spiro atoms. The predicted molar refractivity (Wildman–Crippen MR) is 227 cm³/mol. The predicted octanol–water partition coefficient (Wildman–Crippen LogP) is 4.94. The van der Waals surface area contributed by atoms with Crippen LogP contribution in [0.15, 0.2) is 82.5 Å². The van der Waals surface area contributed by atoms with E-state index in [1.807, 2.05) is 0 Å². The third-order valence-electron chi connectivity index (χ3n) is 13.7. The van der Waals surface area contributed by atoms with Gasteiger partial charge in [0.25, 0.3) is 0 Å². The van der Waals surface area contributed by atoms with Gasteiger partial charge < -0.3 is 49.1 Å². The van der Waals surface area contributed by atoms with Crippen molar-refractivity contribution in [3.8, 4) is 0 Å². The maximum absolute atomic E-state index is 15.5. The van der Waals surface area contributed by atoms with E-state index >= 15 is 4.79 Å². The molecule has 2 bridgehead atoms. The van der Waals surface area contributed by atoms with E-state index in [9.17, 15) is 39.3 Å². The van der Waals surface area contributed by atoms with Crippen LogP contribution in [0.25, 0.3) is 10.4 Å². The summed E-state index contributed by atoms with van der Waals surface area (Å²) in [6, 6.07) is 12.2. The number of Topliss-reactive ketones (excluding diaryl/α,β-unsaturated/α-hetero) is 1. The average molecular weight is 903 g/mol. The molecule has 19 heteroatoms. The number of aliphatic hydroxyl groups is 3. The Labute approximate surface area is 374 Å². The smallest absolute Gasteiger partial charge is 0.456 e. The number of hydrogen-bond donors (Lipinski definition) is 4. The summed E-state index contributed by atoms with van der Waals surface area (Å²) >= 11 is 0. The van der Waals surface area contributed by atoms with Gasteiger partial charge in [-0.05, 0) is 69.0 Å². The zero-order valence-electron chi connectivity index (χ0n) is 37.3. The minimum absolute atomic E-state index is 0.0288. The fourth-order valence-corrected chi connectivity index (χ4v) is 10.1. The first-order valence-corrected chi connectivity index (χ1v) is 21.2. The van der Waals surface area contributed by atoms with E-state index in [0.29, 0.717) is 11.1 Å². The molecule has 65 heavy (non-hydrogen) atoms. The van der Waals surface area contributed by atoms with Crippen LogP contribution in [0.4, 0.5) is 10.5 Å². The van der Waals surface area contributed by atoms with Crippen LogP contribution in [0.3, 0.4) is 0 Å². The highest BCUT2D eigenvalue weighted by atomic mass is 16.7. The highest BCUT2D eigenvalue weighted by Gasteiger charge is 2.79. The second kappa shape index (κ2) is 18.4. The Morgan fingerprint density at radius 2 is 1.74 bits per heavy atom. The minimum Gasteiger partial charge on any atom is -0.456 e. The summed E-state index contributed by atoms with van der Waals surface area (Å²) in [4.78, 5) is 86.4. The number of azide groups is 1. The number of carbonyl (C=O) groups is 6. The Hall–Kier alpha value is -6.11. The number of esters is 3. The largest absolute Gasteiger partial charge is 0.508 e. The number of fused-ring (bicyclic) bond motifs is 5. The third-order valence-corrected chi connectivity index (χ3v) is 13.7. The maximum atomic E-state index is 15.5. The van der Waals surface area contributed by atoms with Crippen LogP contribution in [0.1, 0.15) is 90.2 Å². The Morgan fingerprint density at radius 3 is 2.34 bits per heavy atom. The highest BCUT2D eigenvalue weighted by molar-refractivity contribution is 5.95. The van der Waals surface area contributed by atoms with E-state index in [4.69, 9.17) is 34.0 Å². The summed E-state index contributed by atoms with van der Waals surface area (Å²) in [6.45, 7) is 11.1. The van der Waals surface area contributed by atoms with Crippen molar-refractivity contribution in [2.24, 2.45) is 21.9 Å². The Bertz CT molecular complexity index is 2360. The zero-order chi connectivity index (χ0) is 47.8. The average Bonchev–Trinajstić information content (AvgIpc) is 3.26. The molecule has 2 aromatic carbocycles. The molecular weight excluding hydrogens is 849 g/mol. The highest BCUT2D eigenvalue weighted by Crippen LogP contribution is 2.64. The number of rotatable bonds is 12. The van der Waals surface area contributed by atoms with Crippen LogP contribution >= 0.6 is 0 Å². The number of allylic oxidation sites excluding steroid dienone is 1. The van der Waals surface area contributed by atoms with Crippen LogP contribution in [0.5, 0.6) is 0 Å². The van der Waals surface area contributed by atoms with Crippen LogP contribution in [0.2, 0.25) is 0 Å². The van der Waals surface area contributed by atoms with Crippen LogP contribution in [-0.4, -0.2) is 112 Å². The summed E-state index contributed by atoms with van der Waals surface area (Å²) < 4.78 is 35.4. The third kappa shape index (κ3) is 8.38. The van der Waals surface area contributed by atoms with Gasteiger partial charge in [0.2, 0.25) is 5.91 Å². The molecule has 2 saturated carbocycles. The standard InChI is InChI=1S/C46H54N4O15/c1-9-23(3)39(55)48-33(26-15-12-11-13-16-26)35(53)41(57)62-29-21-46(59)38(64-40(56)27-17-14-18-28(19-27)49-50-47)36-44(8,37(54)34(52)32(24(29)4)43(46,6)7)30(63-42(58)60-10-2)20-31-45(36,22-61-31)65-25(5)51/h9,11-19,29-31,33-36,38,52-53,59H,10,20-22H2,1-8H3,(H,48,55)/b23-9+/t29-,30-,31+,33-,34+,35+,36-,38-,44+,45-,46+/m0/s1. The monoisotopic (exact) mass is 902 g/mol. The number of benzene rings is 2. The first-order valence-electron chi connectivity index (χ1n) is 21.2. The molecule has 1 saturated heterocycles. The van der Waals surface area contributed by atoms with Crippen molar-refractivity contribution in [1.29, 1.82) is 0 Å². The maximum Gasteiger partial charge on any atom is 0.508 e. The first-order chi connectivity index (χ1) is 30.6. The van der Waals surface area contributed by atoms with Crippen LogP contribution in [0, 0.1) is 16.7 Å². The lowest BCUT2D eigenvalue weighted by molar-refractivity contribution is -0.346. The molecule has 11 atom stereocenters. The van der Waals surface area contributed by atoms with Crippen LogP contribution in [-0.2, 0) is 47.6 Å². The van der Waals surface area contributed by atoms with Gasteiger partial charge in [-0.3, -0.25) is 14.4 Å². The van der Waals surface area contributed by atoms with Crippen molar-refractivity contribution in [2.45, 2.75) is 122 Å². The molecule has 0 aromatic heterocycles. The minimum atomic E-state index is -2.50. The summed E-state index contributed by atoms with van der Waals surface area (Å²) in [7, 11) is 0. The zero-order valence-corrected chi connectivity index (χ0v) is 37.3. The lowest BCUT2D eigenvalue weighted by Crippen LogP contribution is -2.82. The summed E-state index contributed by atoms with van der Waals surface area (Å²) in [5, 5.41) is 44.1. The number of nitrogens with one attached hydrogen (secondary N) is 1. The number of ketones is 1. The topological polar surface area (TPSA) is 279 Å². The molecule has 3 aliphatic carbocycles. The number of aliphatic hydroxyl groups excluding tert-OH is 2. The van der Waals surface area contributed by atoms with Gasteiger partial charge in [0.1, 0.15) is 36.1 Å². The second-order valence-electron chi connectivity index (χ2n) is 17.5. The molecular formula is C46H54N4O15. The van der Waals surface area contributed by atoms with Crippen molar-refractivity contribution < 1.29 is 72.5 Å². The number of hydrogen-bond acceptors (Lipinski definition) is 16. The number of ether oxygens (including phenoxy) is 6. The second-order valence-corrected chi connectivity index (χ2v) is 17.5.